The van der Waals surface area contributed by atoms with Gasteiger partial charge in [0.1, 0.15) is 0 Å². The molecule has 3 heteroatoms. The van der Waals surface area contributed by atoms with Crippen molar-refractivity contribution in [3.63, 3.8) is 0 Å². The summed E-state index contributed by atoms with van der Waals surface area (Å²) in [6, 6.07) is 0. The highest BCUT2D eigenvalue weighted by atomic mass is 35.5. The number of hydrogen-bond acceptors (Lipinski definition) is 1. The second-order valence-corrected chi connectivity index (χ2v) is 2.16. The van der Waals surface area contributed by atoms with E-state index in [1.807, 2.05) is 6.92 Å². The summed E-state index contributed by atoms with van der Waals surface area (Å²) in [5.41, 5.74) is 0. The van der Waals surface area contributed by atoms with Crippen molar-refractivity contribution in [1.82, 2.24) is 0 Å². The molecule has 0 aliphatic heterocycles. The van der Waals surface area contributed by atoms with Gasteiger partial charge >= 0.3 is 5.97 Å². The van der Waals surface area contributed by atoms with E-state index in [4.69, 9.17) is 5.11 Å². The van der Waals surface area contributed by atoms with Gasteiger partial charge in [-0.3, -0.25) is 4.79 Å². The number of aliphatic carboxylic acids is 1. The molecule has 1 aliphatic rings. The molecule has 1 rings (SSSR count). The first-order chi connectivity index (χ1) is 3.22. The predicted molar refractivity (Wildman–Crippen MR) is 32.2 cm³/mol. The van der Waals surface area contributed by atoms with Gasteiger partial charge in [0.25, 0.3) is 0 Å². The summed E-state index contributed by atoms with van der Waals surface area (Å²) in [5.74, 6) is -0.204. The van der Waals surface area contributed by atoms with Gasteiger partial charge in [-0.25, -0.2) is 0 Å². The third-order valence-corrected chi connectivity index (χ3v) is 1.43. The van der Waals surface area contributed by atoms with Gasteiger partial charge in [-0.05, 0) is 12.3 Å². The zero-order valence-corrected chi connectivity index (χ0v) is 5.44. The molecule has 0 unspecified atom stereocenters. The van der Waals surface area contributed by atoms with Crippen molar-refractivity contribution in [1.29, 1.82) is 0 Å². The molecule has 0 aromatic heterocycles. The summed E-state index contributed by atoms with van der Waals surface area (Å²) >= 11 is 0. The smallest absolute Gasteiger partial charge is 0.306 e. The molecule has 8 heavy (non-hydrogen) atoms. The summed E-state index contributed by atoms with van der Waals surface area (Å²) in [6.45, 7) is 1.96. The number of carboxylic acids is 1. The molecule has 0 spiro atoms. The highest BCUT2D eigenvalue weighted by molar-refractivity contribution is 5.85. The van der Waals surface area contributed by atoms with Crippen LogP contribution in [0.1, 0.15) is 13.3 Å². The average molecular weight is 137 g/mol. The quantitative estimate of drug-likeness (QED) is 0.587. The van der Waals surface area contributed by atoms with Gasteiger partial charge in [-0.1, -0.05) is 6.92 Å². The Morgan fingerprint density at radius 3 is 2.12 bits per heavy atom. The van der Waals surface area contributed by atoms with Crippen LogP contribution in [0, 0.1) is 11.8 Å². The normalized spacial score (nSPS) is 33.1. The summed E-state index contributed by atoms with van der Waals surface area (Å²) in [4.78, 5) is 9.97. The maximum Gasteiger partial charge on any atom is 0.306 e. The Morgan fingerprint density at radius 1 is 1.75 bits per heavy atom. The van der Waals surface area contributed by atoms with Crippen LogP contribution >= 0.6 is 12.4 Å². The average Bonchev–Trinajstić information content (AvgIpc) is 2.17. The van der Waals surface area contributed by atoms with E-state index in [1.54, 1.807) is 0 Å². The summed E-state index contributed by atoms with van der Waals surface area (Å²) < 4.78 is 0. The molecular weight excluding hydrogens is 128 g/mol. The van der Waals surface area contributed by atoms with Crippen molar-refractivity contribution >= 4 is 18.4 Å². The summed E-state index contributed by atoms with van der Waals surface area (Å²) in [6.07, 6.45) is 0.884. The predicted octanol–water partition coefficient (Wildman–Crippen LogP) is 1.15. The van der Waals surface area contributed by atoms with Gasteiger partial charge in [0.2, 0.25) is 0 Å². The van der Waals surface area contributed by atoms with Crippen molar-refractivity contribution in [2.75, 3.05) is 0 Å². The fraction of sp³-hybridized carbons (Fsp3) is 0.800. The minimum absolute atomic E-state index is 0. The third-order valence-electron chi connectivity index (χ3n) is 1.43. The number of hydrogen-bond donors (Lipinski definition) is 1. The minimum Gasteiger partial charge on any atom is -0.481 e. The Balaban J connectivity index is 0.000000490. The van der Waals surface area contributed by atoms with E-state index in [1.165, 1.54) is 0 Å². The van der Waals surface area contributed by atoms with E-state index < -0.39 is 5.97 Å². The Hall–Kier alpha value is -0.240. The molecule has 2 atom stereocenters. The van der Waals surface area contributed by atoms with Gasteiger partial charge in [0, 0.05) is 0 Å². The third kappa shape index (κ3) is 1.37. The Labute approximate surface area is 54.3 Å². The monoisotopic (exact) mass is 136 g/mol. The van der Waals surface area contributed by atoms with Crippen LogP contribution in [0.4, 0.5) is 0 Å². The van der Waals surface area contributed by atoms with Crippen LogP contribution in [0.25, 0.3) is 0 Å². The number of carbonyl (C=O) groups is 1. The number of rotatable bonds is 1. The molecule has 1 aliphatic carbocycles. The van der Waals surface area contributed by atoms with Gasteiger partial charge in [-0.2, -0.15) is 0 Å². The first-order valence-corrected chi connectivity index (χ1v) is 2.44. The fourth-order valence-corrected chi connectivity index (χ4v) is 0.666. The maximum atomic E-state index is 9.97. The fourth-order valence-electron chi connectivity index (χ4n) is 0.666. The van der Waals surface area contributed by atoms with E-state index in [9.17, 15) is 4.79 Å². The van der Waals surface area contributed by atoms with Crippen LogP contribution in [0.5, 0.6) is 0 Å². The van der Waals surface area contributed by atoms with Crippen LogP contribution in [-0.2, 0) is 4.79 Å². The van der Waals surface area contributed by atoms with Crippen LogP contribution < -0.4 is 0 Å². The van der Waals surface area contributed by atoms with Crippen molar-refractivity contribution in [2.45, 2.75) is 13.3 Å². The van der Waals surface area contributed by atoms with E-state index >= 15 is 0 Å². The van der Waals surface area contributed by atoms with Crippen LogP contribution in [0.3, 0.4) is 0 Å². The molecule has 1 N–H and O–H groups in total. The Bertz CT molecular complexity index is 103. The Kier molecular flexibility index (Phi) is 2.28. The first-order valence-electron chi connectivity index (χ1n) is 2.44. The standard InChI is InChI=1S/C5H8O2.ClH/c1-3-2-4(3)5(6)7;/h3-4H,2H2,1H3,(H,6,7);1H/t3-,4+;/m0./s1. The van der Waals surface area contributed by atoms with Gasteiger partial charge in [0.05, 0.1) is 5.92 Å². The van der Waals surface area contributed by atoms with Gasteiger partial charge in [-0.15, -0.1) is 12.4 Å². The van der Waals surface area contributed by atoms with Gasteiger partial charge in [0.15, 0.2) is 0 Å². The van der Waals surface area contributed by atoms with Gasteiger partial charge < -0.3 is 5.11 Å². The lowest BCUT2D eigenvalue weighted by molar-refractivity contribution is -0.138. The second-order valence-electron chi connectivity index (χ2n) is 2.16. The molecule has 1 saturated carbocycles. The lowest BCUT2D eigenvalue weighted by atomic mass is 10.3. The number of carboxylic acid groups (broad SMARTS) is 1. The minimum atomic E-state index is -0.632. The first kappa shape index (κ1) is 7.76. The molecule has 0 bridgehead atoms. The van der Waals surface area contributed by atoms with Crippen LogP contribution in [-0.4, -0.2) is 11.1 Å². The number of halogens is 1. The lowest BCUT2D eigenvalue weighted by Crippen LogP contribution is -1.97. The molecule has 0 radical (unpaired) electrons. The molecule has 2 nitrogen and oxygen atoms in total. The maximum absolute atomic E-state index is 9.97. The second kappa shape index (κ2) is 2.35. The summed E-state index contributed by atoms with van der Waals surface area (Å²) in [5, 5.41) is 8.22. The lowest BCUT2D eigenvalue weighted by Gasteiger charge is -1.79. The topological polar surface area (TPSA) is 37.3 Å². The molecule has 48 valence electrons. The van der Waals surface area contributed by atoms with Crippen LogP contribution in [0.15, 0.2) is 0 Å². The van der Waals surface area contributed by atoms with Crippen molar-refractivity contribution in [3.05, 3.63) is 0 Å². The van der Waals surface area contributed by atoms with Crippen LogP contribution in [0.2, 0.25) is 0 Å². The van der Waals surface area contributed by atoms with E-state index in [0.717, 1.165) is 6.42 Å². The highest BCUT2D eigenvalue weighted by Crippen LogP contribution is 2.37. The molecule has 0 amide bonds. The zero-order valence-electron chi connectivity index (χ0n) is 4.63. The highest BCUT2D eigenvalue weighted by Gasteiger charge is 2.38. The SMILES string of the molecule is C[C@H]1C[C@H]1C(=O)O.Cl. The molecule has 0 aromatic rings. The summed E-state index contributed by atoms with van der Waals surface area (Å²) in [7, 11) is 0. The zero-order chi connectivity index (χ0) is 5.44. The molecule has 0 saturated heterocycles. The molecule has 0 heterocycles. The van der Waals surface area contributed by atoms with E-state index in [-0.39, 0.29) is 18.3 Å². The molecule has 1 fully saturated rings. The van der Waals surface area contributed by atoms with Crippen molar-refractivity contribution in [2.24, 2.45) is 11.8 Å². The largest absolute Gasteiger partial charge is 0.481 e. The molecule has 0 aromatic carbocycles. The van der Waals surface area contributed by atoms with Crippen molar-refractivity contribution in [3.8, 4) is 0 Å². The molecular formula is C5H9ClO2. The Morgan fingerprint density at radius 2 is 2.12 bits per heavy atom. The van der Waals surface area contributed by atoms with E-state index in [0.29, 0.717) is 5.92 Å². The van der Waals surface area contributed by atoms with Crippen molar-refractivity contribution < 1.29 is 9.90 Å². The van der Waals surface area contributed by atoms with E-state index in [2.05, 4.69) is 0 Å².